The molecule has 0 amide bonds. The van der Waals surface area contributed by atoms with Crippen LogP contribution in [0.3, 0.4) is 0 Å². The Kier molecular flexibility index (Phi) is 7.39. The van der Waals surface area contributed by atoms with Gasteiger partial charge in [-0.25, -0.2) is 4.79 Å². The number of hydrogen-bond donors (Lipinski definition) is 1. The summed E-state index contributed by atoms with van der Waals surface area (Å²) in [6, 6.07) is 12.4. The fourth-order valence-electron chi connectivity index (χ4n) is 5.56. The summed E-state index contributed by atoms with van der Waals surface area (Å²) in [5.41, 5.74) is 6.20. The fraction of sp³-hybridized carbons (Fsp3) is 0.464. The van der Waals surface area contributed by atoms with E-state index in [1.165, 1.54) is 37.8 Å². The molecule has 1 fully saturated rings. The number of imidazole rings is 1. The molecule has 188 valence electrons. The van der Waals surface area contributed by atoms with Crippen LogP contribution in [0.5, 0.6) is 0 Å². The van der Waals surface area contributed by atoms with E-state index in [4.69, 9.17) is 4.98 Å². The molecule has 3 heterocycles. The number of nitrogens with one attached hydrogen (secondary N) is 1. The van der Waals surface area contributed by atoms with E-state index in [2.05, 4.69) is 45.1 Å². The quantitative estimate of drug-likeness (QED) is 0.317. The molecule has 0 bridgehead atoms. The van der Waals surface area contributed by atoms with Crippen molar-refractivity contribution in [1.82, 2.24) is 34.7 Å². The van der Waals surface area contributed by atoms with E-state index >= 15 is 0 Å². The Morgan fingerprint density at radius 2 is 1.83 bits per heavy atom. The van der Waals surface area contributed by atoms with Crippen molar-refractivity contribution in [2.45, 2.75) is 84.2 Å². The van der Waals surface area contributed by atoms with Crippen molar-refractivity contribution in [3.8, 4) is 22.5 Å². The maximum atomic E-state index is 13.7. The number of tetrazole rings is 1. The Morgan fingerprint density at radius 3 is 2.53 bits per heavy atom. The first-order chi connectivity index (χ1) is 17.7. The summed E-state index contributed by atoms with van der Waals surface area (Å²) in [4.78, 5) is 18.5. The molecule has 1 aliphatic rings. The van der Waals surface area contributed by atoms with Crippen LogP contribution >= 0.6 is 0 Å². The molecule has 8 heteroatoms. The maximum absolute atomic E-state index is 13.7. The average Bonchev–Trinajstić information content (AvgIpc) is 3.53. The molecule has 1 aromatic carbocycles. The van der Waals surface area contributed by atoms with Gasteiger partial charge in [0.25, 0.3) is 0 Å². The van der Waals surface area contributed by atoms with Crippen molar-refractivity contribution in [3.63, 3.8) is 0 Å². The van der Waals surface area contributed by atoms with Gasteiger partial charge in [0, 0.05) is 34.8 Å². The number of pyridine rings is 1. The lowest BCUT2D eigenvalue weighted by Crippen LogP contribution is -2.30. The fourth-order valence-corrected chi connectivity index (χ4v) is 5.56. The Balaban J connectivity index is 1.45. The molecular formula is C28H35N7O. The number of aromatic amines is 1. The molecule has 4 aromatic rings. The third kappa shape index (κ3) is 4.90. The lowest BCUT2D eigenvalue weighted by Gasteiger charge is -2.23. The lowest BCUT2D eigenvalue weighted by atomic mass is 9.95. The summed E-state index contributed by atoms with van der Waals surface area (Å²) in [6.45, 7) is 4.85. The van der Waals surface area contributed by atoms with Gasteiger partial charge in [-0.1, -0.05) is 69.4 Å². The molecule has 0 saturated heterocycles. The van der Waals surface area contributed by atoms with Gasteiger partial charge in [0.1, 0.15) is 0 Å². The SMILES string of the molecule is CCCCCc1c(C)n(C2CCCCC2)c(=O)n1Cc1ccc(-c2ccccc2-c2nn[nH]n2)cn1. The van der Waals surface area contributed by atoms with E-state index in [0.29, 0.717) is 18.4 Å². The summed E-state index contributed by atoms with van der Waals surface area (Å²) >= 11 is 0. The number of hydrogen-bond acceptors (Lipinski definition) is 5. The zero-order valence-corrected chi connectivity index (χ0v) is 21.3. The molecule has 5 rings (SSSR count). The minimum absolute atomic E-state index is 0.124. The topological polar surface area (TPSA) is 94.3 Å². The number of unbranched alkanes of at least 4 members (excludes halogenated alkanes) is 2. The number of H-pyrrole nitrogens is 1. The van der Waals surface area contributed by atoms with Gasteiger partial charge in [-0.05, 0) is 49.5 Å². The van der Waals surface area contributed by atoms with E-state index in [1.54, 1.807) is 0 Å². The highest BCUT2D eigenvalue weighted by molar-refractivity contribution is 5.79. The predicted octanol–water partition coefficient (Wildman–Crippen LogP) is 5.49. The van der Waals surface area contributed by atoms with Crippen LogP contribution in [0.15, 0.2) is 47.4 Å². The van der Waals surface area contributed by atoms with E-state index < -0.39 is 0 Å². The third-order valence-corrected chi connectivity index (χ3v) is 7.47. The van der Waals surface area contributed by atoms with E-state index in [1.807, 2.05) is 41.1 Å². The highest BCUT2D eigenvalue weighted by Gasteiger charge is 2.24. The van der Waals surface area contributed by atoms with Crippen LogP contribution in [-0.4, -0.2) is 34.7 Å². The zero-order chi connectivity index (χ0) is 24.9. The van der Waals surface area contributed by atoms with E-state index in [-0.39, 0.29) is 5.69 Å². The van der Waals surface area contributed by atoms with Gasteiger partial charge in [-0.3, -0.25) is 14.1 Å². The standard InChI is InChI=1S/C28H35N7O/c1-3-4-6-15-26-20(2)35(23-11-7-5-8-12-23)28(36)34(26)19-22-17-16-21(18-29-22)24-13-9-10-14-25(24)27-30-32-33-31-27/h9-10,13-14,16-18,23H,3-8,11-12,15,19H2,1-2H3,(H,30,31,32,33). The van der Waals surface area contributed by atoms with Crippen molar-refractivity contribution in [2.24, 2.45) is 0 Å². The predicted molar refractivity (Wildman–Crippen MR) is 141 cm³/mol. The van der Waals surface area contributed by atoms with E-state index in [9.17, 15) is 4.79 Å². The van der Waals surface area contributed by atoms with Crippen molar-refractivity contribution in [2.75, 3.05) is 0 Å². The monoisotopic (exact) mass is 485 g/mol. The Labute approximate surface area is 211 Å². The zero-order valence-electron chi connectivity index (χ0n) is 21.3. The summed E-state index contributed by atoms with van der Waals surface area (Å²) < 4.78 is 4.07. The Morgan fingerprint density at radius 1 is 1.03 bits per heavy atom. The molecule has 0 atom stereocenters. The van der Waals surface area contributed by atoms with Crippen molar-refractivity contribution in [1.29, 1.82) is 0 Å². The first-order valence-electron chi connectivity index (χ1n) is 13.3. The van der Waals surface area contributed by atoms with Gasteiger partial charge < -0.3 is 0 Å². The second kappa shape index (κ2) is 11.0. The van der Waals surface area contributed by atoms with Crippen LogP contribution in [0.1, 0.15) is 81.4 Å². The summed E-state index contributed by atoms with van der Waals surface area (Å²) in [5.74, 6) is 0.553. The molecule has 36 heavy (non-hydrogen) atoms. The van der Waals surface area contributed by atoms with Crippen LogP contribution < -0.4 is 5.69 Å². The normalized spacial score (nSPS) is 14.4. The summed E-state index contributed by atoms with van der Waals surface area (Å²) in [5, 5.41) is 14.5. The van der Waals surface area contributed by atoms with Gasteiger partial charge in [0.05, 0.1) is 12.2 Å². The molecule has 0 unspecified atom stereocenters. The first kappa shape index (κ1) is 24.2. The summed E-state index contributed by atoms with van der Waals surface area (Å²) in [7, 11) is 0. The van der Waals surface area contributed by atoms with Gasteiger partial charge in [-0.15, -0.1) is 10.2 Å². The molecular weight excluding hydrogens is 450 g/mol. The van der Waals surface area contributed by atoms with Crippen LogP contribution in [0.25, 0.3) is 22.5 Å². The molecule has 0 radical (unpaired) electrons. The van der Waals surface area contributed by atoms with Crippen molar-refractivity contribution in [3.05, 3.63) is 70.2 Å². The molecule has 1 N–H and O–H groups in total. The largest absolute Gasteiger partial charge is 0.329 e. The van der Waals surface area contributed by atoms with Crippen LogP contribution in [0, 0.1) is 6.92 Å². The smallest absolute Gasteiger partial charge is 0.293 e. The molecule has 0 spiro atoms. The Bertz CT molecular complexity index is 1330. The number of aromatic nitrogens is 7. The van der Waals surface area contributed by atoms with Crippen molar-refractivity contribution < 1.29 is 0 Å². The number of benzene rings is 1. The van der Waals surface area contributed by atoms with E-state index in [0.717, 1.165) is 53.8 Å². The second-order valence-electron chi connectivity index (χ2n) is 9.84. The van der Waals surface area contributed by atoms with Crippen molar-refractivity contribution >= 4 is 0 Å². The molecule has 0 aliphatic heterocycles. The van der Waals surface area contributed by atoms with Gasteiger partial charge in [0.2, 0.25) is 5.82 Å². The maximum Gasteiger partial charge on any atom is 0.329 e. The number of rotatable bonds is 9. The minimum atomic E-state index is 0.124. The molecule has 8 nitrogen and oxygen atoms in total. The highest BCUT2D eigenvalue weighted by atomic mass is 16.1. The average molecular weight is 486 g/mol. The third-order valence-electron chi connectivity index (χ3n) is 7.47. The highest BCUT2D eigenvalue weighted by Crippen LogP contribution is 2.31. The van der Waals surface area contributed by atoms with Gasteiger partial charge in [-0.2, -0.15) is 5.21 Å². The number of nitrogens with zero attached hydrogens (tertiary/aromatic N) is 6. The molecule has 3 aromatic heterocycles. The molecule has 1 saturated carbocycles. The summed E-state index contributed by atoms with van der Waals surface area (Å²) in [6.07, 6.45) is 12.2. The molecule has 1 aliphatic carbocycles. The van der Waals surface area contributed by atoms with Crippen LogP contribution in [0.4, 0.5) is 0 Å². The second-order valence-corrected chi connectivity index (χ2v) is 9.84. The first-order valence-corrected chi connectivity index (χ1v) is 13.3. The minimum Gasteiger partial charge on any atom is -0.293 e. The van der Waals surface area contributed by atoms with Crippen LogP contribution in [0.2, 0.25) is 0 Å². The van der Waals surface area contributed by atoms with Crippen LogP contribution in [-0.2, 0) is 13.0 Å². The van der Waals surface area contributed by atoms with Gasteiger partial charge >= 0.3 is 5.69 Å². The van der Waals surface area contributed by atoms with Gasteiger partial charge in [0.15, 0.2) is 0 Å². The lowest BCUT2D eigenvalue weighted by molar-refractivity contribution is 0.340. The Hall–Kier alpha value is -3.55.